The molecule has 3 heteroatoms. The first kappa shape index (κ1) is 12.9. The molecule has 17 heavy (non-hydrogen) atoms. The largest absolute Gasteiger partial charge is 0.326 e. The number of amides is 1. The van der Waals surface area contributed by atoms with E-state index in [-0.39, 0.29) is 11.3 Å². The highest BCUT2D eigenvalue weighted by Gasteiger charge is 2.34. The van der Waals surface area contributed by atoms with Crippen molar-refractivity contribution in [1.82, 2.24) is 0 Å². The van der Waals surface area contributed by atoms with Gasteiger partial charge in [0.2, 0.25) is 5.91 Å². The molecule has 0 bridgehead atoms. The fourth-order valence-corrected chi connectivity index (χ4v) is 2.95. The first-order valence-electron chi connectivity index (χ1n) is 6.17. The molecule has 1 aliphatic rings. The van der Waals surface area contributed by atoms with Crippen molar-refractivity contribution in [3.8, 4) is 0 Å². The predicted octanol–water partition coefficient (Wildman–Crippen LogP) is 4.20. The highest BCUT2D eigenvalue weighted by atomic mass is 127. The molecule has 1 aliphatic carbocycles. The zero-order valence-corrected chi connectivity index (χ0v) is 12.3. The average molecular weight is 343 g/mol. The Morgan fingerprint density at radius 3 is 2.65 bits per heavy atom. The lowest BCUT2D eigenvalue weighted by atomic mass is 9.75. The zero-order chi connectivity index (χ0) is 12.3. The fraction of sp³-hybridized carbons (Fsp3) is 0.500. The molecule has 0 radical (unpaired) electrons. The van der Waals surface area contributed by atoms with E-state index in [1.165, 1.54) is 19.3 Å². The second-order valence-electron chi connectivity index (χ2n) is 5.09. The van der Waals surface area contributed by atoms with Gasteiger partial charge in [-0.25, -0.2) is 0 Å². The van der Waals surface area contributed by atoms with Crippen molar-refractivity contribution in [2.75, 3.05) is 5.32 Å². The van der Waals surface area contributed by atoms with Gasteiger partial charge >= 0.3 is 0 Å². The molecule has 0 spiro atoms. The van der Waals surface area contributed by atoms with Crippen molar-refractivity contribution < 1.29 is 4.79 Å². The maximum Gasteiger partial charge on any atom is 0.230 e. The molecule has 0 atom stereocenters. The van der Waals surface area contributed by atoms with Crippen LogP contribution in [0.4, 0.5) is 5.69 Å². The van der Waals surface area contributed by atoms with Crippen LogP contribution >= 0.6 is 22.6 Å². The molecule has 1 aromatic rings. The Kier molecular flexibility index (Phi) is 4.07. The Morgan fingerprint density at radius 1 is 1.29 bits per heavy atom. The minimum Gasteiger partial charge on any atom is -0.326 e. The molecule has 0 aliphatic heterocycles. The third kappa shape index (κ3) is 3.21. The molecule has 92 valence electrons. The summed E-state index contributed by atoms with van der Waals surface area (Å²) in [6.07, 6.45) is 5.66. The van der Waals surface area contributed by atoms with Crippen LogP contribution in [0, 0.1) is 8.99 Å². The van der Waals surface area contributed by atoms with Crippen LogP contribution in [0.15, 0.2) is 24.3 Å². The summed E-state index contributed by atoms with van der Waals surface area (Å²) in [4.78, 5) is 12.3. The Hall–Kier alpha value is -0.580. The number of carbonyl (C=O) groups excluding carboxylic acids is 1. The lowest BCUT2D eigenvalue weighted by molar-refractivity contribution is -0.126. The molecule has 0 aromatic heterocycles. The standard InChI is InChI=1S/C14H18INO/c1-14(8-3-2-4-9-14)13(17)16-12-7-5-6-11(15)10-12/h5-7,10H,2-4,8-9H2,1H3,(H,16,17). The molecule has 1 aromatic carbocycles. The summed E-state index contributed by atoms with van der Waals surface area (Å²) >= 11 is 2.26. The molecule has 1 fully saturated rings. The Labute approximate surface area is 116 Å². The quantitative estimate of drug-likeness (QED) is 0.801. The van der Waals surface area contributed by atoms with Crippen molar-refractivity contribution in [3.05, 3.63) is 27.8 Å². The molecule has 1 saturated carbocycles. The van der Waals surface area contributed by atoms with E-state index >= 15 is 0 Å². The van der Waals surface area contributed by atoms with E-state index < -0.39 is 0 Å². The van der Waals surface area contributed by atoms with Crippen molar-refractivity contribution in [3.63, 3.8) is 0 Å². The van der Waals surface area contributed by atoms with Crippen molar-refractivity contribution in [2.45, 2.75) is 39.0 Å². The number of halogens is 1. The van der Waals surface area contributed by atoms with Crippen molar-refractivity contribution in [2.24, 2.45) is 5.41 Å². The summed E-state index contributed by atoms with van der Waals surface area (Å²) in [6.45, 7) is 2.09. The predicted molar refractivity (Wildman–Crippen MR) is 79.0 cm³/mol. The van der Waals surface area contributed by atoms with Crippen LogP contribution in [0.2, 0.25) is 0 Å². The van der Waals surface area contributed by atoms with E-state index in [4.69, 9.17) is 0 Å². The van der Waals surface area contributed by atoms with Gasteiger partial charge in [0.15, 0.2) is 0 Å². The zero-order valence-electron chi connectivity index (χ0n) is 10.1. The maximum atomic E-state index is 12.3. The number of carbonyl (C=O) groups is 1. The molecule has 1 N–H and O–H groups in total. The second kappa shape index (κ2) is 5.38. The van der Waals surface area contributed by atoms with Crippen LogP contribution in [0.5, 0.6) is 0 Å². The number of nitrogens with one attached hydrogen (secondary N) is 1. The van der Waals surface area contributed by atoms with Crippen LogP contribution < -0.4 is 5.32 Å². The number of benzene rings is 1. The highest BCUT2D eigenvalue weighted by Crippen LogP contribution is 2.36. The van der Waals surface area contributed by atoms with Gasteiger partial charge in [-0.05, 0) is 53.6 Å². The smallest absolute Gasteiger partial charge is 0.230 e. The Morgan fingerprint density at radius 2 is 2.00 bits per heavy atom. The lowest BCUT2D eigenvalue weighted by Gasteiger charge is -2.32. The summed E-state index contributed by atoms with van der Waals surface area (Å²) in [5, 5.41) is 3.05. The minimum atomic E-state index is -0.167. The number of hydrogen-bond acceptors (Lipinski definition) is 1. The van der Waals surface area contributed by atoms with E-state index in [9.17, 15) is 4.79 Å². The first-order chi connectivity index (χ1) is 8.10. The van der Waals surface area contributed by atoms with Crippen LogP contribution in [0.3, 0.4) is 0 Å². The van der Waals surface area contributed by atoms with Gasteiger partial charge in [0, 0.05) is 14.7 Å². The monoisotopic (exact) mass is 343 g/mol. The SMILES string of the molecule is CC1(C(=O)Nc2cccc(I)c2)CCCCC1. The van der Waals surface area contributed by atoms with E-state index in [0.717, 1.165) is 22.1 Å². The topological polar surface area (TPSA) is 29.1 Å². The summed E-state index contributed by atoms with van der Waals surface area (Å²) in [5.41, 5.74) is 0.744. The number of hydrogen-bond donors (Lipinski definition) is 1. The van der Waals surface area contributed by atoms with Gasteiger partial charge < -0.3 is 5.32 Å². The van der Waals surface area contributed by atoms with Gasteiger partial charge in [0.1, 0.15) is 0 Å². The van der Waals surface area contributed by atoms with E-state index in [1.54, 1.807) is 0 Å². The fourth-order valence-electron chi connectivity index (χ4n) is 2.41. The van der Waals surface area contributed by atoms with Gasteiger partial charge in [-0.15, -0.1) is 0 Å². The first-order valence-corrected chi connectivity index (χ1v) is 7.25. The van der Waals surface area contributed by atoms with E-state index in [0.29, 0.717) is 0 Å². The van der Waals surface area contributed by atoms with Crippen LogP contribution in [-0.4, -0.2) is 5.91 Å². The highest BCUT2D eigenvalue weighted by molar-refractivity contribution is 14.1. The van der Waals surface area contributed by atoms with Crippen molar-refractivity contribution >= 4 is 34.2 Å². The third-order valence-electron chi connectivity index (χ3n) is 3.59. The summed E-state index contributed by atoms with van der Waals surface area (Å²) in [5.74, 6) is 0.180. The average Bonchev–Trinajstić information content (AvgIpc) is 2.30. The van der Waals surface area contributed by atoms with E-state index in [1.807, 2.05) is 24.3 Å². The van der Waals surface area contributed by atoms with Crippen molar-refractivity contribution in [1.29, 1.82) is 0 Å². The molecule has 0 unspecified atom stereocenters. The van der Waals surface area contributed by atoms with Crippen LogP contribution in [0.25, 0.3) is 0 Å². The molecule has 0 heterocycles. The normalized spacial score (nSPS) is 18.7. The third-order valence-corrected chi connectivity index (χ3v) is 4.26. The van der Waals surface area contributed by atoms with Gasteiger partial charge in [0.25, 0.3) is 0 Å². The molecule has 2 rings (SSSR count). The molecule has 2 nitrogen and oxygen atoms in total. The van der Waals surface area contributed by atoms with Crippen LogP contribution in [-0.2, 0) is 4.79 Å². The maximum absolute atomic E-state index is 12.3. The number of rotatable bonds is 2. The minimum absolute atomic E-state index is 0.167. The van der Waals surface area contributed by atoms with E-state index in [2.05, 4.69) is 34.8 Å². The molecular formula is C14H18INO. The number of anilines is 1. The summed E-state index contributed by atoms with van der Waals surface area (Å²) in [7, 11) is 0. The summed E-state index contributed by atoms with van der Waals surface area (Å²) < 4.78 is 1.15. The molecule has 0 saturated heterocycles. The van der Waals surface area contributed by atoms with Gasteiger partial charge in [-0.3, -0.25) is 4.79 Å². The van der Waals surface area contributed by atoms with Gasteiger partial charge in [-0.1, -0.05) is 32.3 Å². The second-order valence-corrected chi connectivity index (χ2v) is 6.33. The molecule has 1 amide bonds. The molecular weight excluding hydrogens is 325 g/mol. The van der Waals surface area contributed by atoms with Crippen LogP contribution in [0.1, 0.15) is 39.0 Å². The Bertz CT molecular complexity index is 410. The summed E-state index contributed by atoms with van der Waals surface area (Å²) in [6, 6.07) is 7.95. The lowest BCUT2D eigenvalue weighted by Crippen LogP contribution is -2.35. The Balaban J connectivity index is 2.05. The van der Waals surface area contributed by atoms with Gasteiger partial charge in [0.05, 0.1) is 0 Å². The van der Waals surface area contributed by atoms with Gasteiger partial charge in [-0.2, -0.15) is 0 Å².